The zero-order valence-electron chi connectivity index (χ0n) is 13.6. The Labute approximate surface area is 130 Å². The molecular weight excluding hydrogens is 254 g/mol. The molecule has 1 N–H and O–H groups in total. The Morgan fingerprint density at radius 2 is 1.76 bits per heavy atom. The molecule has 1 nitrogen and oxygen atoms in total. The Balaban J connectivity index is 1.53. The largest absolute Gasteiger partial charge is 0.317 e. The standard InChI is InChI=1S/C20H31N/c1-21-20(14-11-16-7-3-2-4-8-16)19-13-12-17-9-5-6-10-18(17)15-19/h2-4,7-8,17-21H,5-6,9-15H2,1H3. The Hall–Kier alpha value is -0.820. The molecule has 4 atom stereocenters. The number of benzene rings is 1. The van der Waals surface area contributed by atoms with Gasteiger partial charge in [-0.05, 0) is 62.5 Å². The molecule has 4 unspecified atom stereocenters. The molecule has 0 aromatic heterocycles. The monoisotopic (exact) mass is 285 g/mol. The van der Waals surface area contributed by atoms with E-state index in [1.165, 1.54) is 63.4 Å². The Bertz CT molecular complexity index is 413. The summed E-state index contributed by atoms with van der Waals surface area (Å²) in [5.41, 5.74) is 1.49. The minimum atomic E-state index is 0.716. The lowest BCUT2D eigenvalue weighted by Gasteiger charge is -2.42. The molecule has 0 amide bonds. The molecule has 0 radical (unpaired) electrons. The molecule has 1 aromatic rings. The number of aryl methyl sites for hydroxylation is 1. The number of hydrogen-bond acceptors (Lipinski definition) is 1. The van der Waals surface area contributed by atoms with Crippen LogP contribution in [-0.2, 0) is 6.42 Å². The van der Waals surface area contributed by atoms with Crippen LogP contribution in [0.3, 0.4) is 0 Å². The van der Waals surface area contributed by atoms with Crippen LogP contribution in [0, 0.1) is 17.8 Å². The average molecular weight is 285 g/mol. The van der Waals surface area contributed by atoms with Crippen molar-refractivity contribution in [3.63, 3.8) is 0 Å². The maximum atomic E-state index is 3.64. The van der Waals surface area contributed by atoms with Gasteiger partial charge in [0, 0.05) is 6.04 Å². The highest BCUT2D eigenvalue weighted by molar-refractivity contribution is 5.14. The second-order valence-electron chi connectivity index (χ2n) is 7.30. The van der Waals surface area contributed by atoms with Gasteiger partial charge in [-0.3, -0.25) is 0 Å². The van der Waals surface area contributed by atoms with Crippen LogP contribution in [0.25, 0.3) is 0 Å². The third-order valence-electron chi connectivity index (χ3n) is 6.11. The molecule has 0 spiro atoms. The summed E-state index contributed by atoms with van der Waals surface area (Å²) in [7, 11) is 2.17. The molecule has 2 aliphatic carbocycles. The van der Waals surface area contributed by atoms with Gasteiger partial charge in [0.05, 0.1) is 0 Å². The van der Waals surface area contributed by atoms with Gasteiger partial charge in [0.2, 0.25) is 0 Å². The summed E-state index contributed by atoms with van der Waals surface area (Å²) < 4.78 is 0. The van der Waals surface area contributed by atoms with Gasteiger partial charge in [0.1, 0.15) is 0 Å². The van der Waals surface area contributed by atoms with E-state index in [2.05, 4.69) is 42.7 Å². The first-order chi connectivity index (χ1) is 10.4. The van der Waals surface area contributed by atoms with Gasteiger partial charge in [-0.1, -0.05) is 56.0 Å². The van der Waals surface area contributed by atoms with E-state index in [1.54, 1.807) is 0 Å². The maximum Gasteiger partial charge on any atom is 0.00955 e. The second kappa shape index (κ2) is 7.45. The zero-order valence-corrected chi connectivity index (χ0v) is 13.6. The topological polar surface area (TPSA) is 12.0 Å². The van der Waals surface area contributed by atoms with Crippen LogP contribution in [0.1, 0.15) is 56.9 Å². The van der Waals surface area contributed by atoms with E-state index in [0.29, 0.717) is 6.04 Å². The van der Waals surface area contributed by atoms with Crippen LogP contribution in [0.2, 0.25) is 0 Å². The summed E-state index contributed by atoms with van der Waals surface area (Å²) in [5, 5.41) is 3.64. The first kappa shape index (κ1) is 15.1. The van der Waals surface area contributed by atoms with Crippen LogP contribution < -0.4 is 5.32 Å². The molecule has 116 valence electrons. The quantitative estimate of drug-likeness (QED) is 0.818. The van der Waals surface area contributed by atoms with Crippen molar-refractivity contribution in [1.29, 1.82) is 0 Å². The summed E-state index contributed by atoms with van der Waals surface area (Å²) in [5.74, 6) is 3.03. The molecule has 0 saturated heterocycles. The van der Waals surface area contributed by atoms with E-state index in [4.69, 9.17) is 0 Å². The summed E-state index contributed by atoms with van der Waals surface area (Å²) in [4.78, 5) is 0. The number of nitrogens with one attached hydrogen (secondary N) is 1. The van der Waals surface area contributed by atoms with Crippen LogP contribution in [0.5, 0.6) is 0 Å². The van der Waals surface area contributed by atoms with Gasteiger partial charge in [0.15, 0.2) is 0 Å². The fourth-order valence-electron chi connectivity index (χ4n) is 4.86. The predicted molar refractivity (Wildman–Crippen MR) is 90.4 cm³/mol. The Morgan fingerprint density at radius 1 is 1.00 bits per heavy atom. The van der Waals surface area contributed by atoms with Crippen molar-refractivity contribution in [2.45, 2.75) is 63.8 Å². The highest BCUT2D eigenvalue weighted by Gasteiger charge is 2.34. The molecule has 2 saturated carbocycles. The first-order valence-corrected chi connectivity index (χ1v) is 9.08. The molecule has 3 rings (SSSR count). The second-order valence-corrected chi connectivity index (χ2v) is 7.30. The summed E-state index contributed by atoms with van der Waals surface area (Å²) in [6, 6.07) is 11.7. The van der Waals surface area contributed by atoms with E-state index in [0.717, 1.165) is 17.8 Å². The smallest absolute Gasteiger partial charge is 0.00955 e. The number of rotatable bonds is 5. The van der Waals surface area contributed by atoms with Gasteiger partial charge in [-0.2, -0.15) is 0 Å². The van der Waals surface area contributed by atoms with Gasteiger partial charge in [-0.25, -0.2) is 0 Å². The molecule has 1 aromatic carbocycles. The van der Waals surface area contributed by atoms with Gasteiger partial charge in [0.25, 0.3) is 0 Å². The summed E-state index contributed by atoms with van der Waals surface area (Å²) in [6.45, 7) is 0. The third-order valence-corrected chi connectivity index (χ3v) is 6.11. The van der Waals surface area contributed by atoms with Crippen molar-refractivity contribution in [2.24, 2.45) is 17.8 Å². The molecule has 2 fully saturated rings. The van der Waals surface area contributed by atoms with E-state index in [9.17, 15) is 0 Å². The molecule has 21 heavy (non-hydrogen) atoms. The first-order valence-electron chi connectivity index (χ1n) is 9.08. The highest BCUT2D eigenvalue weighted by atomic mass is 14.9. The molecule has 0 bridgehead atoms. The van der Waals surface area contributed by atoms with E-state index >= 15 is 0 Å². The zero-order chi connectivity index (χ0) is 14.5. The van der Waals surface area contributed by atoms with Crippen LogP contribution in [0.4, 0.5) is 0 Å². The lowest BCUT2D eigenvalue weighted by molar-refractivity contribution is 0.109. The van der Waals surface area contributed by atoms with Crippen molar-refractivity contribution in [3.05, 3.63) is 35.9 Å². The van der Waals surface area contributed by atoms with E-state index in [-0.39, 0.29) is 0 Å². The Kier molecular flexibility index (Phi) is 5.35. The average Bonchev–Trinajstić information content (AvgIpc) is 2.56. The van der Waals surface area contributed by atoms with Crippen LogP contribution >= 0.6 is 0 Å². The van der Waals surface area contributed by atoms with Gasteiger partial charge >= 0.3 is 0 Å². The summed E-state index contributed by atoms with van der Waals surface area (Å²) in [6.07, 6.45) is 13.0. The summed E-state index contributed by atoms with van der Waals surface area (Å²) >= 11 is 0. The lowest BCUT2D eigenvalue weighted by Crippen LogP contribution is -2.39. The molecular formula is C20H31N. The van der Waals surface area contributed by atoms with E-state index < -0.39 is 0 Å². The van der Waals surface area contributed by atoms with Crippen molar-refractivity contribution in [3.8, 4) is 0 Å². The molecule has 0 aliphatic heterocycles. The molecule has 1 heteroatoms. The minimum Gasteiger partial charge on any atom is -0.317 e. The van der Waals surface area contributed by atoms with Gasteiger partial charge < -0.3 is 5.32 Å². The fraction of sp³-hybridized carbons (Fsp3) is 0.700. The van der Waals surface area contributed by atoms with Crippen molar-refractivity contribution in [2.75, 3.05) is 7.05 Å². The molecule has 0 heterocycles. The number of fused-ring (bicyclic) bond motifs is 1. The van der Waals surface area contributed by atoms with Crippen molar-refractivity contribution in [1.82, 2.24) is 5.32 Å². The van der Waals surface area contributed by atoms with E-state index in [1.807, 2.05) is 0 Å². The predicted octanol–water partition coefficient (Wildman–Crippen LogP) is 4.81. The van der Waals surface area contributed by atoms with Crippen molar-refractivity contribution < 1.29 is 0 Å². The SMILES string of the molecule is CNC(CCc1ccccc1)C1CCC2CCCCC2C1. The van der Waals surface area contributed by atoms with Crippen molar-refractivity contribution >= 4 is 0 Å². The Morgan fingerprint density at radius 3 is 2.52 bits per heavy atom. The normalized spacial score (nSPS) is 30.6. The lowest BCUT2D eigenvalue weighted by atomic mass is 9.65. The molecule has 2 aliphatic rings. The van der Waals surface area contributed by atoms with Gasteiger partial charge in [-0.15, -0.1) is 0 Å². The van der Waals surface area contributed by atoms with Crippen LogP contribution in [0.15, 0.2) is 30.3 Å². The maximum absolute atomic E-state index is 3.64. The third kappa shape index (κ3) is 3.88. The number of hydrogen-bond donors (Lipinski definition) is 1. The van der Waals surface area contributed by atoms with Crippen LogP contribution in [-0.4, -0.2) is 13.1 Å². The highest BCUT2D eigenvalue weighted by Crippen LogP contribution is 2.43. The fourth-order valence-corrected chi connectivity index (χ4v) is 4.86. The minimum absolute atomic E-state index is 0.716.